The van der Waals surface area contributed by atoms with Crippen molar-refractivity contribution in [1.82, 2.24) is 4.90 Å². The first-order valence-electron chi connectivity index (χ1n) is 7.10. The summed E-state index contributed by atoms with van der Waals surface area (Å²) in [7, 11) is 3.20. The monoisotopic (exact) mass is 377 g/mol. The zero-order valence-electron chi connectivity index (χ0n) is 13.4. The Morgan fingerprint density at radius 3 is 2.28 bits per heavy atom. The third kappa shape index (κ3) is 3.90. The lowest BCUT2D eigenvalue weighted by Gasteiger charge is -2.22. The number of nitro benzene ring substituents is 1. The lowest BCUT2D eigenvalue weighted by Crippen LogP contribution is -2.29. The van der Waals surface area contributed by atoms with Gasteiger partial charge in [0.15, 0.2) is 0 Å². The van der Waals surface area contributed by atoms with Gasteiger partial charge in [0.05, 0.1) is 20.9 Å². The van der Waals surface area contributed by atoms with Gasteiger partial charge in [-0.3, -0.25) is 14.9 Å². The SMILES string of the molecule is CN(C)C(=O)C(c1ccc(Cl)c(Cl)c1)c1ccc([N+](=O)[O-])c(C#N)c1. The summed E-state index contributed by atoms with van der Waals surface area (Å²) in [6.07, 6.45) is 0. The van der Waals surface area contributed by atoms with Crippen molar-refractivity contribution in [2.45, 2.75) is 5.92 Å². The highest BCUT2D eigenvalue weighted by Crippen LogP contribution is 2.33. The largest absolute Gasteiger partial charge is 0.348 e. The molecule has 1 unspecified atom stereocenters. The Labute approximate surface area is 154 Å². The Balaban J connectivity index is 2.64. The second-order valence-corrected chi connectivity index (χ2v) is 6.30. The van der Waals surface area contributed by atoms with Crippen LogP contribution in [0.25, 0.3) is 0 Å². The van der Waals surface area contributed by atoms with Gasteiger partial charge in [0.2, 0.25) is 5.91 Å². The van der Waals surface area contributed by atoms with Crippen molar-refractivity contribution >= 4 is 34.8 Å². The highest BCUT2D eigenvalue weighted by Gasteiger charge is 2.27. The molecule has 0 saturated heterocycles. The number of benzene rings is 2. The number of nitro groups is 1. The zero-order valence-corrected chi connectivity index (χ0v) is 14.9. The predicted octanol–water partition coefficient (Wildman–Crippen LogP) is 3.99. The van der Waals surface area contributed by atoms with Crippen LogP contribution >= 0.6 is 23.2 Å². The van der Waals surface area contributed by atoms with Crippen molar-refractivity contribution < 1.29 is 9.72 Å². The van der Waals surface area contributed by atoms with Gasteiger partial charge in [-0.2, -0.15) is 5.26 Å². The van der Waals surface area contributed by atoms with Crippen LogP contribution in [0.5, 0.6) is 0 Å². The molecular formula is C17H13Cl2N3O3. The van der Waals surface area contributed by atoms with Crippen LogP contribution in [0.1, 0.15) is 22.6 Å². The van der Waals surface area contributed by atoms with Crippen LogP contribution < -0.4 is 0 Å². The van der Waals surface area contributed by atoms with Crippen LogP contribution in [-0.4, -0.2) is 29.8 Å². The number of hydrogen-bond acceptors (Lipinski definition) is 4. The maximum atomic E-state index is 12.7. The summed E-state index contributed by atoms with van der Waals surface area (Å²) < 4.78 is 0. The van der Waals surface area contributed by atoms with E-state index in [4.69, 9.17) is 23.2 Å². The van der Waals surface area contributed by atoms with Crippen molar-refractivity contribution in [2.24, 2.45) is 0 Å². The normalized spacial score (nSPS) is 11.5. The van der Waals surface area contributed by atoms with E-state index in [0.717, 1.165) is 0 Å². The molecule has 0 heterocycles. The Bertz CT molecular complexity index is 891. The number of carbonyl (C=O) groups excluding carboxylic acids is 1. The summed E-state index contributed by atoms with van der Waals surface area (Å²) in [4.78, 5) is 24.5. The topological polar surface area (TPSA) is 87.2 Å². The lowest BCUT2D eigenvalue weighted by atomic mass is 9.89. The minimum absolute atomic E-state index is 0.112. The van der Waals surface area contributed by atoms with Crippen LogP contribution in [0.2, 0.25) is 10.0 Å². The summed E-state index contributed by atoms with van der Waals surface area (Å²) in [6, 6.07) is 10.7. The van der Waals surface area contributed by atoms with Gasteiger partial charge < -0.3 is 4.90 Å². The fraction of sp³-hybridized carbons (Fsp3) is 0.176. The zero-order chi connectivity index (χ0) is 18.7. The first-order chi connectivity index (χ1) is 11.8. The molecule has 0 aliphatic carbocycles. The Morgan fingerprint density at radius 1 is 1.16 bits per heavy atom. The smallest absolute Gasteiger partial charge is 0.287 e. The molecule has 0 spiro atoms. The van der Waals surface area contributed by atoms with Gasteiger partial charge in [-0.05, 0) is 29.3 Å². The molecule has 2 aromatic rings. The molecule has 0 N–H and O–H groups in total. The van der Waals surface area contributed by atoms with E-state index in [1.54, 1.807) is 38.4 Å². The summed E-state index contributed by atoms with van der Waals surface area (Å²) in [6.45, 7) is 0. The second-order valence-electron chi connectivity index (χ2n) is 5.48. The Hall–Kier alpha value is -2.62. The average Bonchev–Trinajstić information content (AvgIpc) is 2.57. The van der Waals surface area contributed by atoms with E-state index in [0.29, 0.717) is 16.1 Å². The Morgan fingerprint density at radius 2 is 1.76 bits per heavy atom. The highest BCUT2D eigenvalue weighted by atomic mass is 35.5. The van der Waals surface area contributed by atoms with Crippen LogP contribution in [0, 0.1) is 21.4 Å². The Kier molecular flexibility index (Phi) is 5.62. The molecule has 1 amide bonds. The quantitative estimate of drug-likeness (QED) is 0.595. The van der Waals surface area contributed by atoms with Crippen molar-refractivity contribution in [3.8, 4) is 6.07 Å². The van der Waals surface area contributed by atoms with Gasteiger partial charge in [0.25, 0.3) is 5.69 Å². The molecule has 2 aromatic carbocycles. The van der Waals surface area contributed by atoms with Crippen molar-refractivity contribution in [1.29, 1.82) is 5.26 Å². The molecular weight excluding hydrogens is 365 g/mol. The molecule has 0 radical (unpaired) electrons. The van der Waals surface area contributed by atoms with Crippen molar-refractivity contribution in [2.75, 3.05) is 14.1 Å². The van der Waals surface area contributed by atoms with E-state index < -0.39 is 10.8 Å². The lowest BCUT2D eigenvalue weighted by molar-refractivity contribution is -0.385. The van der Waals surface area contributed by atoms with Gasteiger partial charge in [0, 0.05) is 20.2 Å². The number of carbonyl (C=O) groups is 1. The number of rotatable bonds is 4. The van der Waals surface area contributed by atoms with E-state index in [9.17, 15) is 20.2 Å². The molecule has 8 heteroatoms. The number of hydrogen-bond donors (Lipinski definition) is 0. The number of nitriles is 1. The fourth-order valence-electron chi connectivity index (χ4n) is 2.41. The van der Waals surface area contributed by atoms with Crippen molar-refractivity contribution in [3.05, 3.63) is 73.2 Å². The van der Waals surface area contributed by atoms with Gasteiger partial charge in [-0.1, -0.05) is 35.3 Å². The summed E-state index contributed by atoms with van der Waals surface area (Å²) in [5.74, 6) is -1.02. The second kappa shape index (κ2) is 7.51. The molecule has 0 bridgehead atoms. The molecule has 0 saturated carbocycles. The first kappa shape index (κ1) is 18.7. The summed E-state index contributed by atoms with van der Waals surface area (Å²) in [5, 5.41) is 20.8. The third-order valence-electron chi connectivity index (χ3n) is 3.64. The van der Waals surface area contributed by atoms with E-state index in [-0.39, 0.29) is 22.2 Å². The van der Waals surface area contributed by atoms with Gasteiger partial charge in [0.1, 0.15) is 11.6 Å². The van der Waals surface area contributed by atoms with Crippen molar-refractivity contribution in [3.63, 3.8) is 0 Å². The summed E-state index contributed by atoms with van der Waals surface area (Å²) in [5.41, 5.74) is 0.612. The van der Waals surface area contributed by atoms with E-state index in [2.05, 4.69) is 0 Å². The number of nitrogens with zero attached hydrogens (tertiary/aromatic N) is 3. The molecule has 0 fully saturated rings. The molecule has 128 valence electrons. The minimum Gasteiger partial charge on any atom is -0.348 e. The molecule has 2 rings (SSSR count). The predicted molar refractivity (Wildman–Crippen MR) is 94.8 cm³/mol. The van der Waals surface area contributed by atoms with Gasteiger partial charge in [-0.25, -0.2) is 0 Å². The average molecular weight is 378 g/mol. The molecule has 6 nitrogen and oxygen atoms in total. The molecule has 25 heavy (non-hydrogen) atoms. The maximum absolute atomic E-state index is 12.7. The number of halogens is 2. The van der Waals surface area contributed by atoms with Crippen LogP contribution in [-0.2, 0) is 4.79 Å². The maximum Gasteiger partial charge on any atom is 0.287 e. The van der Waals surface area contributed by atoms with Gasteiger partial charge in [-0.15, -0.1) is 0 Å². The van der Waals surface area contributed by atoms with E-state index in [1.807, 2.05) is 0 Å². The van der Waals surface area contributed by atoms with E-state index >= 15 is 0 Å². The minimum atomic E-state index is -0.766. The number of likely N-dealkylation sites (N-methyl/N-ethyl adjacent to an activating group) is 1. The third-order valence-corrected chi connectivity index (χ3v) is 4.37. The fourth-order valence-corrected chi connectivity index (χ4v) is 2.72. The summed E-state index contributed by atoms with van der Waals surface area (Å²) >= 11 is 12.0. The molecule has 0 aliphatic rings. The first-order valence-corrected chi connectivity index (χ1v) is 7.86. The van der Waals surface area contributed by atoms with Gasteiger partial charge >= 0.3 is 0 Å². The highest BCUT2D eigenvalue weighted by molar-refractivity contribution is 6.42. The molecule has 0 aromatic heterocycles. The number of amides is 1. The molecule has 0 aliphatic heterocycles. The standard InChI is InChI=1S/C17H13Cl2N3O3/c1-21(2)17(23)16(11-3-5-13(18)14(19)8-11)10-4-6-15(22(24)25)12(7-10)9-20/h3-8,16H,1-2H3. The van der Waals surface area contributed by atoms with Crippen LogP contribution in [0.15, 0.2) is 36.4 Å². The molecule has 1 atom stereocenters. The van der Waals surface area contributed by atoms with Crippen LogP contribution in [0.3, 0.4) is 0 Å². The van der Waals surface area contributed by atoms with Crippen LogP contribution in [0.4, 0.5) is 5.69 Å². The van der Waals surface area contributed by atoms with E-state index in [1.165, 1.54) is 23.1 Å².